The average Bonchev–Trinajstić information content (AvgIpc) is 2.38. The first-order chi connectivity index (χ1) is 9.08. The molecule has 2 rings (SSSR count). The number of hydrogen-bond donors (Lipinski definition) is 1. The smallest absolute Gasteiger partial charge is 0.303 e. The van der Waals surface area contributed by atoms with Gasteiger partial charge in [-0.25, -0.2) is 0 Å². The molecular formula is C16H29NO2. The Morgan fingerprint density at radius 2 is 1.95 bits per heavy atom. The molecule has 3 unspecified atom stereocenters. The van der Waals surface area contributed by atoms with Crippen LogP contribution in [0, 0.1) is 17.8 Å². The van der Waals surface area contributed by atoms with E-state index in [1.54, 1.807) is 0 Å². The van der Waals surface area contributed by atoms with Crippen LogP contribution in [0.5, 0.6) is 0 Å². The molecule has 0 radical (unpaired) electrons. The van der Waals surface area contributed by atoms with Gasteiger partial charge in [0.25, 0.3) is 0 Å². The summed E-state index contributed by atoms with van der Waals surface area (Å²) in [6.45, 7) is 6.90. The molecule has 1 saturated carbocycles. The third kappa shape index (κ3) is 3.95. The standard InChI is InChI=1S/C16H29NO2/c1-12(2)14-7-3-4-8-15(14)17-9-5-6-13(11-17)10-16(18)19/h12-15H,3-11H2,1-2H3,(H,18,19). The van der Waals surface area contributed by atoms with Gasteiger partial charge in [-0.15, -0.1) is 0 Å². The Morgan fingerprint density at radius 1 is 1.21 bits per heavy atom. The Labute approximate surface area is 117 Å². The van der Waals surface area contributed by atoms with Crippen molar-refractivity contribution < 1.29 is 9.90 Å². The first kappa shape index (κ1) is 14.8. The molecule has 3 heteroatoms. The first-order valence-electron chi connectivity index (χ1n) is 8.03. The highest BCUT2D eigenvalue weighted by molar-refractivity contribution is 5.67. The van der Waals surface area contributed by atoms with Crippen molar-refractivity contribution in [3.05, 3.63) is 0 Å². The van der Waals surface area contributed by atoms with Crippen molar-refractivity contribution in [2.75, 3.05) is 13.1 Å². The monoisotopic (exact) mass is 267 g/mol. The molecule has 1 heterocycles. The van der Waals surface area contributed by atoms with Crippen LogP contribution >= 0.6 is 0 Å². The van der Waals surface area contributed by atoms with E-state index in [1.165, 1.54) is 38.6 Å². The lowest BCUT2D eigenvalue weighted by Gasteiger charge is -2.45. The molecule has 2 aliphatic rings. The summed E-state index contributed by atoms with van der Waals surface area (Å²) in [6, 6.07) is 0.713. The minimum absolute atomic E-state index is 0.357. The fourth-order valence-electron chi connectivity index (χ4n) is 4.18. The Hall–Kier alpha value is -0.570. The molecule has 1 N–H and O–H groups in total. The molecule has 0 spiro atoms. The zero-order valence-electron chi connectivity index (χ0n) is 12.5. The number of aliphatic carboxylic acids is 1. The molecule has 19 heavy (non-hydrogen) atoms. The van der Waals surface area contributed by atoms with Gasteiger partial charge in [0.05, 0.1) is 0 Å². The summed E-state index contributed by atoms with van der Waals surface area (Å²) < 4.78 is 0. The molecule has 0 aromatic rings. The SMILES string of the molecule is CC(C)C1CCCCC1N1CCCC(CC(=O)O)C1. The third-order valence-electron chi connectivity index (χ3n) is 5.12. The number of piperidine rings is 1. The highest BCUT2D eigenvalue weighted by Gasteiger charge is 2.34. The molecule has 0 aromatic heterocycles. The number of likely N-dealkylation sites (tertiary alicyclic amines) is 1. The van der Waals surface area contributed by atoms with E-state index in [1.807, 2.05) is 0 Å². The van der Waals surface area contributed by atoms with Crippen LogP contribution < -0.4 is 0 Å². The van der Waals surface area contributed by atoms with E-state index in [-0.39, 0.29) is 0 Å². The van der Waals surface area contributed by atoms with Crippen LogP contribution in [-0.2, 0) is 4.79 Å². The molecule has 1 aliphatic heterocycles. The summed E-state index contributed by atoms with van der Waals surface area (Å²) >= 11 is 0. The van der Waals surface area contributed by atoms with E-state index in [4.69, 9.17) is 5.11 Å². The van der Waals surface area contributed by atoms with Gasteiger partial charge in [0, 0.05) is 19.0 Å². The molecular weight excluding hydrogens is 238 g/mol. The zero-order valence-corrected chi connectivity index (χ0v) is 12.5. The van der Waals surface area contributed by atoms with Gasteiger partial charge in [-0.2, -0.15) is 0 Å². The quantitative estimate of drug-likeness (QED) is 0.849. The van der Waals surface area contributed by atoms with Crippen LogP contribution in [0.25, 0.3) is 0 Å². The van der Waals surface area contributed by atoms with E-state index in [9.17, 15) is 4.79 Å². The summed E-state index contributed by atoms with van der Waals surface area (Å²) in [5, 5.41) is 8.98. The Bertz CT molecular complexity index is 303. The summed E-state index contributed by atoms with van der Waals surface area (Å²) in [5.74, 6) is 1.32. The second-order valence-corrected chi connectivity index (χ2v) is 6.86. The summed E-state index contributed by atoms with van der Waals surface area (Å²) in [5.41, 5.74) is 0. The highest BCUT2D eigenvalue weighted by Crippen LogP contribution is 2.35. The highest BCUT2D eigenvalue weighted by atomic mass is 16.4. The van der Waals surface area contributed by atoms with Gasteiger partial charge in [-0.3, -0.25) is 9.69 Å². The van der Waals surface area contributed by atoms with Crippen molar-refractivity contribution in [3.8, 4) is 0 Å². The number of rotatable bonds is 4. The topological polar surface area (TPSA) is 40.5 Å². The average molecular weight is 267 g/mol. The van der Waals surface area contributed by atoms with E-state index in [0.29, 0.717) is 18.4 Å². The van der Waals surface area contributed by atoms with Crippen molar-refractivity contribution in [1.29, 1.82) is 0 Å². The molecule has 3 nitrogen and oxygen atoms in total. The normalized spacial score (nSPS) is 33.5. The largest absolute Gasteiger partial charge is 0.481 e. The van der Waals surface area contributed by atoms with Crippen molar-refractivity contribution in [3.63, 3.8) is 0 Å². The van der Waals surface area contributed by atoms with Gasteiger partial charge in [0.2, 0.25) is 0 Å². The van der Waals surface area contributed by atoms with Crippen LogP contribution in [0.1, 0.15) is 58.8 Å². The van der Waals surface area contributed by atoms with Crippen molar-refractivity contribution in [2.24, 2.45) is 17.8 Å². The maximum atomic E-state index is 10.9. The number of nitrogens with zero attached hydrogens (tertiary/aromatic N) is 1. The van der Waals surface area contributed by atoms with E-state index in [2.05, 4.69) is 18.7 Å². The predicted molar refractivity (Wildman–Crippen MR) is 77.1 cm³/mol. The fraction of sp³-hybridized carbons (Fsp3) is 0.938. The van der Waals surface area contributed by atoms with Gasteiger partial charge in [-0.1, -0.05) is 26.7 Å². The van der Waals surface area contributed by atoms with Crippen LogP contribution in [0.15, 0.2) is 0 Å². The lowest BCUT2D eigenvalue weighted by atomic mass is 9.76. The maximum Gasteiger partial charge on any atom is 0.303 e. The van der Waals surface area contributed by atoms with Gasteiger partial charge in [0.15, 0.2) is 0 Å². The Kier molecular flexibility index (Phi) is 5.26. The Balaban J connectivity index is 1.96. The van der Waals surface area contributed by atoms with Crippen LogP contribution in [0.2, 0.25) is 0 Å². The first-order valence-corrected chi connectivity index (χ1v) is 8.03. The number of carboxylic acids is 1. The van der Waals surface area contributed by atoms with Gasteiger partial charge < -0.3 is 5.11 Å². The summed E-state index contributed by atoms with van der Waals surface area (Å²) in [4.78, 5) is 13.5. The summed E-state index contributed by atoms with van der Waals surface area (Å²) in [7, 11) is 0. The number of hydrogen-bond acceptors (Lipinski definition) is 2. The second kappa shape index (κ2) is 6.74. The molecule has 110 valence electrons. The van der Waals surface area contributed by atoms with Crippen LogP contribution in [0.3, 0.4) is 0 Å². The lowest BCUT2D eigenvalue weighted by molar-refractivity contribution is -0.138. The predicted octanol–water partition coefficient (Wildman–Crippen LogP) is 3.39. The van der Waals surface area contributed by atoms with Crippen molar-refractivity contribution in [2.45, 2.75) is 64.8 Å². The fourth-order valence-corrected chi connectivity index (χ4v) is 4.18. The lowest BCUT2D eigenvalue weighted by Crippen LogP contribution is -2.48. The minimum atomic E-state index is -0.629. The van der Waals surface area contributed by atoms with Gasteiger partial charge >= 0.3 is 5.97 Å². The number of carboxylic acid groups (broad SMARTS) is 1. The van der Waals surface area contributed by atoms with Gasteiger partial charge in [-0.05, 0) is 50.0 Å². The molecule has 3 atom stereocenters. The minimum Gasteiger partial charge on any atom is -0.481 e. The van der Waals surface area contributed by atoms with E-state index in [0.717, 1.165) is 24.8 Å². The molecule has 0 amide bonds. The molecule has 2 fully saturated rings. The van der Waals surface area contributed by atoms with Crippen LogP contribution in [-0.4, -0.2) is 35.1 Å². The third-order valence-corrected chi connectivity index (χ3v) is 5.12. The Morgan fingerprint density at radius 3 is 2.63 bits per heavy atom. The van der Waals surface area contributed by atoms with E-state index >= 15 is 0 Å². The second-order valence-electron chi connectivity index (χ2n) is 6.86. The van der Waals surface area contributed by atoms with Crippen LogP contribution in [0.4, 0.5) is 0 Å². The number of carbonyl (C=O) groups is 1. The molecule has 1 aliphatic carbocycles. The molecule has 1 saturated heterocycles. The maximum absolute atomic E-state index is 10.9. The van der Waals surface area contributed by atoms with E-state index < -0.39 is 5.97 Å². The van der Waals surface area contributed by atoms with Gasteiger partial charge in [0.1, 0.15) is 0 Å². The van der Waals surface area contributed by atoms with Crippen molar-refractivity contribution >= 4 is 5.97 Å². The zero-order chi connectivity index (χ0) is 13.8. The molecule has 0 aromatic carbocycles. The van der Waals surface area contributed by atoms with Crippen molar-refractivity contribution in [1.82, 2.24) is 4.90 Å². The summed E-state index contributed by atoms with van der Waals surface area (Å²) in [6.07, 6.45) is 8.06. The molecule has 0 bridgehead atoms.